The maximum Gasteiger partial charge on any atom is 0.0949 e. The average molecular weight is 283 g/mol. The number of aromatic nitrogens is 2. The molecule has 1 saturated carbocycles. The highest BCUT2D eigenvalue weighted by Crippen LogP contribution is 2.42. The van der Waals surface area contributed by atoms with Crippen LogP contribution < -0.4 is 5.32 Å². The number of imidazole rings is 1. The van der Waals surface area contributed by atoms with Crippen LogP contribution in [0.5, 0.6) is 0 Å². The second-order valence-electron chi connectivity index (χ2n) is 7.24. The smallest absolute Gasteiger partial charge is 0.0949 e. The molecule has 1 fully saturated rings. The van der Waals surface area contributed by atoms with Crippen LogP contribution in [0.25, 0.3) is 0 Å². The first-order valence-electron chi connectivity index (χ1n) is 7.83. The Bertz CT molecular complexity index is 586. The van der Waals surface area contributed by atoms with E-state index in [0.717, 1.165) is 12.5 Å². The van der Waals surface area contributed by atoms with Crippen molar-refractivity contribution < 1.29 is 0 Å². The molecule has 1 aromatic heterocycles. The summed E-state index contributed by atoms with van der Waals surface area (Å²) in [6.07, 6.45) is 8.24. The highest BCUT2D eigenvalue weighted by molar-refractivity contribution is 5.47. The monoisotopic (exact) mass is 283 g/mol. The van der Waals surface area contributed by atoms with Gasteiger partial charge in [0.25, 0.3) is 0 Å². The molecule has 112 valence electrons. The molecule has 0 amide bonds. The van der Waals surface area contributed by atoms with Gasteiger partial charge in [-0.1, -0.05) is 32.9 Å². The summed E-state index contributed by atoms with van der Waals surface area (Å²) in [4.78, 5) is 4.10. The maximum absolute atomic E-state index is 4.10. The van der Waals surface area contributed by atoms with Gasteiger partial charge in [0.05, 0.1) is 6.33 Å². The highest BCUT2D eigenvalue weighted by Gasteiger charge is 2.36. The predicted octanol–water partition coefficient (Wildman–Crippen LogP) is 4.17. The summed E-state index contributed by atoms with van der Waals surface area (Å²) in [5.41, 5.74) is 3.01. The lowest BCUT2D eigenvalue weighted by Gasteiger charge is -2.20. The molecule has 0 bridgehead atoms. The molecule has 1 aliphatic rings. The van der Waals surface area contributed by atoms with Gasteiger partial charge in [-0.3, -0.25) is 0 Å². The molecule has 1 aromatic carbocycles. The molecule has 3 heteroatoms. The number of rotatable bonds is 4. The molecule has 0 spiro atoms. The number of nitrogens with one attached hydrogen (secondary N) is 1. The second-order valence-corrected chi connectivity index (χ2v) is 7.24. The summed E-state index contributed by atoms with van der Waals surface area (Å²) in [5.74, 6) is 0.734. The number of hydrogen-bond donors (Lipinski definition) is 1. The minimum absolute atomic E-state index is 0.464. The van der Waals surface area contributed by atoms with Crippen molar-refractivity contribution in [3.8, 4) is 0 Å². The van der Waals surface area contributed by atoms with E-state index in [0.29, 0.717) is 11.5 Å². The van der Waals surface area contributed by atoms with Crippen molar-refractivity contribution in [3.05, 3.63) is 48.5 Å². The van der Waals surface area contributed by atoms with E-state index in [9.17, 15) is 0 Å². The zero-order chi connectivity index (χ0) is 14.9. The summed E-state index contributed by atoms with van der Waals surface area (Å²) in [7, 11) is 0. The Hall–Kier alpha value is -1.77. The van der Waals surface area contributed by atoms with Crippen LogP contribution in [-0.2, 0) is 6.54 Å². The van der Waals surface area contributed by atoms with Crippen LogP contribution in [0.1, 0.15) is 39.2 Å². The Labute approximate surface area is 127 Å². The van der Waals surface area contributed by atoms with Crippen molar-refractivity contribution in [3.63, 3.8) is 0 Å². The van der Waals surface area contributed by atoms with Crippen LogP contribution in [0.3, 0.4) is 0 Å². The van der Waals surface area contributed by atoms with E-state index >= 15 is 0 Å². The van der Waals surface area contributed by atoms with Crippen molar-refractivity contribution in [1.82, 2.24) is 9.55 Å². The highest BCUT2D eigenvalue weighted by atomic mass is 15.0. The largest absolute Gasteiger partial charge is 0.382 e. The van der Waals surface area contributed by atoms with Gasteiger partial charge < -0.3 is 9.88 Å². The molecule has 1 N–H and O–H groups in total. The van der Waals surface area contributed by atoms with Crippen LogP contribution in [-0.4, -0.2) is 15.6 Å². The van der Waals surface area contributed by atoms with Crippen LogP contribution >= 0.6 is 0 Å². The maximum atomic E-state index is 4.10. The average Bonchev–Trinajstić information content (AvgIpc) is 2.98. The molecular formula is C18H25N3. The predicted molar refractivity (Wildman–Crippen MR) is 87.4 cm³/mol. The molecule has 0 saturated heterocycles. The van der Waals surface area contributed by atoms with E-state index in [-0.39, 0.29) is 0 Å². The van der Waals surface area contributed by atoms with Gasteiger partial charge in [-0.05, 0) is 41.9 Å². The third kappa shape index (κ3) is 3.46. The van der Waals surface area contributed by atoms with E-state index in [2.05, 4.69) is 59.9 Å². The van der Waals surface area contributed by atoms with E-state index in [1.54, 1.807) is 0 Å². The summed E-state index contributed by atoms with van der Waals surface area (Å²) in [5, 5.41) is 3.74. The molecule has 1 aliphatic carbocycles. The van der Waals surface area contributed by atoms with Crippen molar-refractivity contribution in [1.29, 1.82) is 0 Å². The molecule has 2 unspecified atom stereocenters. The minimum atomic E-state index is 0.464. The van der Waals surface area contributed by atoms with Crippen molar-refractivity contribution in [2.45, 2.75) is 46.2 Å². The second kappa shape index (κ2) is 5.55. The normalized spacial score (nSPS) is 24.1. The van der Waals surface area contributed by atoms with Crippen molar-refractivity contribution in [2.24, 2.45) is 11.3 Å². The fraction of sp³-hybridized carbons (Fsp3) is 0.500. The first kappa shape index (κ1) is 14.2. The number of anilines is 1. The molecular weight excluding hydrogens is 258 g/mol. The zero-order valence-electron chi connectivity index (χ0n) is 13.2. The molecule has 1 heterocycles. The zero-order valence-corrected chi connectivity index (χ0v) is 13.2. The van der Waals surface area contributed by atoms with E-state index in [4.69, 9.17) is 0 Å². The van der Waals surface area contributed by atoms with Crippen LogP contribution in [0.15, 0.2) is 43.0 Å². The SMILES string of the molecule is CC1CC(C)(C)CC1Nc1cccc(Cn2ccnc2)c1. The number of benzene rings is 1. The third-order valence-electron chi connectivity index (χ3n) is 4.54. The van der Waals surface area contributed by atoms with Crippen molar-refractivity contribution >= 4 is 5.69 Å². The third-order valence-corrected chi connectivity index (χ3v) is 4.54. The Morgan fingerprint density at radius 1 is 1.33 bits per heavy atom. The van der Waals surface area contributed by atoms with Gasteiger partial charge in [0, 0.05) is 30.7 Å². The topological polar surface area (TPSA) is 29.9 Å². The summed E-state index contributed by atoms with van der Waals surface area (Å²) >= 11 is 0. The lowest BCUT2D eigenvalue weighted by Crippen LogP contribution is -2.22. The Morgan fingerprint density at radius 3 is 2.86 bits per heavy atom. The fourth-order valence-corrected chi connectivity index (χ4v) is 3.65. The van der Waals surface area contributed by atoms with Gasteiger partial charge in [0.2, 0.25) is 0 Å². The van der Waals surface area contributed by atoms with E-state index < -0.39 is 0 Å². The van der Waals surface area contributed by atoms with Gasteiger partial charge in [-0.15, -0.1) is 0 Å². The molecule has 3 nitrogen and oxygen atoms in total. The van der Waals surface area contributed by atoms with Crippen LogP contribution in [0.2, 0.25) is 0 Å². The van der Waals surface area contributed by atoms with Crippen LogP contribution in [0, 0.1) is 11.3 Å². The number of nitrogens with zero attached hydrogens (tertiary/aromatic N) is 2. The molecule has 0 aliphatic heterocycles. The van der Waals surface area contributed by atoms with E-state index in [1.165, 1.54) is 24.1 Å². The summed E-state index contributed by atoms with van der Waals surface area (Å²) < 4.78 is 2.10. The van der Waals surface area contributed by atoms with Crippen molar-refractivity contribution in [2.75, 3.05) is 5.32 Å². The minimum Gasteiger partial charge on any atom is -0.382 e. The van der Waals surface area contributed by atoms with Gasteiger partial charge in [-0.2, -0.15) is 0 Å². The van der Waals surface area contributed by atoms with Gasteiger partial charge in [0.1, 0.15) is 0 Å². The van der Waals surface area contributed by atoms with Gasteiger partial charge in [-0.25, -0.2) is 4.98 Å². The molecule has 3 rings (SSSR count). The quantitative estimate of drug-likeness (QED) is 0.912. The Balaban J connectivity index is 1.69. The van der Waals surface area contributed by atoms with Gasteiger partial charge >= 0.3 is 0 Å². The lowest BCUT2D eigenvalue weighted by molar-refractivity contribution is 0.366. The molecule has 2 atom stereocenters. The summed E-state index contributed by atoms with van der Waals surface area (Å²) in [6.45, 7) is 7.99. The first-order valence-corrected chi connectivity index (χ1v) is 7.83. The molecule has 2 aromatic rings. The standard InChI is InChI=1S/C18H25N3/c1-14-10-18(2,3)11-17(14)20-16-6-4-5-15(9-16)12-21-8-7-19-13-21/h4-9,13-14,17,20H,10-12H2,1-3H3. The number of hydrogen-bond acceptors (Lipinski definition) is 2. The Morgan fingerprint density at radius 2 is 2.19 bits per heavy atom. The Kier molecular flexibility index (Phi) is 3.75. The lowest BCUT2D eigenvalue weighted by atomic mass is 9.91. The van der Waals surface area contributed by atoms with E-state index in [1.807, 2.05) is 18.7 Å². The first-order chi connectivity index (χ1) is 10.0. The fourth-order valence-electron chi connectivity index (χ4n) is 3.65. The summed E-state index contributed by atoms with van der Waals surface area (Å²) in [6, 6.07) is 9.34. The van der Waals surface area contributed by atoms with Crippen LogP contribution in [0.4, 0.5) is 5.69 Å². The molecule has 0 radical (unpaired) electrons. The molecule has 21 heavy (non-hydrogen) atoms. The van der Waals surface area contributed by atoms with Gasteiger partial charge in [0.15, 0.2) is 0 Å².